The molecule has 8 heteroatoms. The minimum atomic E-state index is -2.14. The van der Waals surface area contributed by atoms with Gasteiger partial charge in [0.15, 0.2) is 29.4 Å². The zero-order valence-corrected chi connectivity index (χ0v) is 14.4. The molecule has 28 heavy (non-hydrogen) atoms. The van der Waals surface area contributed by atoms with E-state index in [0.29, 0.717) is 5.69 Å². The lowest BCUT2D eigenvalue weighted by molar-refractivity contribution is -0.123. The molecule has 0 saturated heterocycles. The molecule has 1 N–H and O–H groups in total. The van der Waals surface area contributed by atoms with Crippen LogP contribution >= 0.6 is 0 Å². The van der Waals surface area contributed by atoms with Crippen LogP contribution in [0.3, 0.4) is 0 Å². The number of hydrogen-bond acceptors (Lipinski definition) is 3. The Balaban J connectivity index is 1.77. The number of benzene rings is 3. The largest absolute Gasteiger partial charge is 0.449 e. The molecule has 0 aliphatic rings. The van der Waals surface area contributed by atoms with Gasteiger partial charge in [-0.1, -0.05) is 36.4 Å². The van der Waals surface area contributed by atoms with Crippen LogP contribution in [0.25, 0.3) is 10.8 Å². The number of hydrogen-bond donors (Lipinski definition) is 1. The van der Waals surface area contributed by atoms with Gasteiger partial charge < -0.3 is 10.1 Å². The second kappa shape index (κ2) is 7.67. The third-order valence-corrected chi connectivity index (χ3v) is 4.02. The molecule has 0 aliphatic carbocycles. The van der Waals surface area contributed by atoms with Gasteiger partial charge in [0.05, 0.1) is 0 Å². The minimum absolute atomic E-state index is 0.172. The normalized spacial score (nSPS) is 11.9. The molecule has 0 fully saturated rings. The molecule has 0 radical (unpaired) electrons. The Hall–Kier alpha value is -3.42. The topological polar surface area (TPSA) is 55.4 Å². The lowest BCUT2D eigenvalue weighted by Crippen LogP contribution is -2.30. The van der Waals surface area contributed by atoms with E-state index >= 15 is 0 Å². The van der Waals surface area contributed by atoms with Crippen LogP contribution < -0.4 is 5.32 Å². The van der Waals surface area contributed by atoms with Crippen molar-refractivity contribution in [2.75, 3.05) is 5.32 Å². The Bertz CT molecular complexity index is 1080. The van der Waals surface area contributed by atoms with Crippen LogP contribution in [0.2, 0.25) is 0 Å². The van der Waals surface area contributed by atoms with Crippen molar-refractivity contribution in [1.82, 2.24) is 0 Å². The van der Waals surface area contributed by atoms with E-state index in [0.717, 1.165) is 10.8 Å². The first-order valence-electron chi connectivity index (χ1n) is 8.12. The van der Waals surface area contributed by atoms with Crippen molar-refractivity contribution < 1.29 is 31.9 Å². The first-order chi connectivity index (χ1) is 13.3. The Morgan fingerprint density at radius 3 is 2.36 bits per heavy atom. The SMILES string of the molecule is CC(OC(=O)c1cc(F)c(F)c(F)c1F)C(=O)Nc1cccc2ccccc12. The first-order valence-corrected chi connectivity index (χ1v) is 8.12. The Morgan fingerprint density at radius 1 is 0.929 bits per heavy atom. The summed E-state index contributed by atoms with van der Waals surface area (Å²) in [5, 5.41) is 4.18. The van der Waals surface area contributed by atoms with Gasteiger partial charge in [0.2, 0.25) is 0 Å². The standard InChI is InChI=1S/C20H13F4NO3/c1-10(28-20(27)13-9-14(21)17(23)18(24)16(13)22)19(26)25-15-8-4-6-11-5-2-3-7-12(11)15/h2-10H,1H3,(H,25,26). The maximum Gasteiger partial charge on any atom is 0.342 e. The first kappa shape index (κ1) is 19.3. The van der Waals surface area contributed by atoms with Crippen molar-refractivity contribution in [1.29, 1.82) is 0 Å². The van der Waals surface area contributed by atoms with Crippen LogP contribution in [0.1, 0.15) is 17.3 Å². The number of ether oxygens (including phenoxy) is 1. The summed E-state index contributed by atoms with van der Waals surface area (Å²) in [5.74, 6) is -10.1. The molecule has 4 nitrogen and oxygen atoms in total. The second-order valence-corrected chi connectivity index (χ2v) is 5.91. The highest BCUT2D eigenvalue weighted by Crippen LogP contribution is 2.24. The molecule has 3 rings (SSSR count). The summed E-state index contributed by atoms with van der Waals surface area (Å²) in [6.07, 6.45) is -1.41. The third-order valence-electron chi connectivity index (χ3n) is 4.02. The quantitative estimate of drug-likeness (QED) is 0.307. The van der Waals surface area contributed by atoms with E-state index in [1.807, 2.05) is 18.2 Å². The summed E-state index contributed by atoms with van der Waals surface area (Å²) >= 11 is 0. The molecule has 0 bridgehead atoms. The molecule has 1 unspecified atom stereocenters. The fraction of sp³-hybridized carbons (Fsp3) is 0.100. The monoisotopic (exact) mass is 391 g/mol. The van der Waals surface area contributed by atoms with Gasteiger partial charge in [-0.25, -0.2) is 22.4 Å². The molecule has 3 aromatic carbocycles. The molecular weight excluding hydrogens is 378 g/mol. The molecule has 1 amide bonds. The summed E-state index contributed by atoms with van der Waals surface area (Å²) in [5.41, 5.74) is -0.697. The molecule has 0 heterocycles. The molecule has 1 atom stereocenters. The van der Waals surface area contributed by atoms with Gasteiger partial charge in [0, 0.05) is 11.1 Å². The Labute approximate surface area is 156 Å². The smallest absolute Gasteiger partial charge is 0.342 e. The van der Waals surface area contributed by atoms with Crippen molar-refractivity contribution in [3.63, 3.8) is 0 Å². The van der Waals surface area contributed by atoms with Gasteiger partial charge in [0.25, 0.3) is 5.91 Å². The van der Waals surface area contributed by atoms with E-state index < -0.39 is 46.8 Å². The van der Waals surface area contributed by atoms with Gasteiger partial charge in [-0.3, -0.25) is 4.79 Å². The van der Waals surface area contributed by atoms with E-state index in [9.17, 15) is 27.2 Å². The zero-order valence-electron chi connectivity index (χ0n) is 14.4. The highest BCUT2D eigenvalue weighted by molar-refractivity contribution is 6.04. The summed E-state index contributed by atoms with van der Waals surface area (Å²) in [4.78, 5) is 24.3. The minimum Gasteiger partial charge on any atom is -0.449 e. The highest BCUT2D eigenvalue weighted by Gasteiger charge is 2.27. The summed E-state index contributed by atoms with van der Waals surface area (Å²) in [6.45, 7) is 1.20. The molecule has 3 aromatic rings. The van der Waals surface area contributed by atoms with E-state index in [4.69, 9.17) is 4.74 Å². The summed E-state index contributed by atoms with van der Waals surface area (Å²) in [7, 11) is 0. The second-order valence-electron chi connectivity index (χ2n) is 5.91. The van der Waals surface area contributed by atoms with Gasteiger partial charge in [0.1, 0.15) is 5.56 Å². The van der Waals surface area contributed by atoms with Gasteiger partial charge in [-0.2, -0.15) is 0 Å². The number of halogens is 4. The van der Waals surface area contributed by atoms with Crippen molar-refractivity contribution in [3.05, 3.63) is 77.4 Å². The predicted octanol–water partition coefficient (Wildman–Crippen LogP) is 4.58. The highest BCUT2D eigenvalue weighted by atomic mass is 19.2. The Kier molecular flexibility index (Phi) is 5.30. The molecule has 144 valence electrons. The summed E-state index contributed by atoms with van der Waals surface area (Å²) in [6, 6.07) is 12.6. The Morgan fingerprint density at radius 2 is 1.61 bits per heavy atom. The number of esters is 1. The lowest BCUT2D eigenvalue weighted by atomic mass is 10.1. The van der Waals surface area contributed by atoms with E-state index in [1.54, 1.807) is 24.3 Å². The van der Waals surface area contributed by atoms with Gasteiger partial charge >= 0.3 is 5.97 Å². The maximum atomic E-state index is 13.7. The fourth-order valence-corrected chi connectivity index (χ4v) is 2.57. The van der Waals surface area contributed by atoms with Crippen molar-refractivity contribution in [3.8, 4) is 0 Å². The lowest BCUT2D eigenvalue weighted by Gasteiger charge is -2.15. The average Bonchev–Trinajstić information content (AvgIpc) is 2.69. The number of carbonyl (C=O) groups excluding carboxylic acids is 2. The third kappa shape index (κ3) is 3.66. The van der Waals surface area contributed by atoms with Crippen LogP contribution in [0.4, 0.5) is 23.2 Å². The van der Waals surface area contributed by atoms with Crippen LogP contribution in [-0.2, 0) is 9.53 Å². The predicted molar refractivity (Wildman–Crippen MR) is 93.7 cm³/mol. The van der Waals surface area contributed by atoms with Crippen LogP contribution in [0.15, 0.2) is 48.5 Å². The number of fused-ring (bicyclic) bond motifs is 1. The molecule has 0 aliphatic heterocycles. The van der Waals surface area contributed by atoms with E-state index in [-0.39, 0.29) is 6.07 Å². The van der Waals surface area contributed by atoms with Crippen LogP contribution in [-0.4, -0.2) is 18.0 Å². The van der Waals surface area contributed by atoms with Gasteiger partial charge in [-0.05, 0) is 24.4 Å². The zero-order chi connectivity index (χ0) is 20.4. The number of anilines is 1. The molecule has 0 saturated carbocycles. The van der Waals surface area contributed by atoms with Crippen LogP contribution in [0.5, 0.6) is 0 Å². The van der Waals surface area contributed by atoms with Crippen LogP contribution in [0, 0.1) is 23.3 Å². The number of nitrogens with one attached hydrogen (secondary N) is 1. The van der Waals surface area contributed by atoms with Crippen molar-refractivity contribution in [2.45, 2.75) is 13.0 Å². The van der Waals surface area contributed by atoms with E-state index in [2.05, 4.69) is 5.32 Å². The maximum absolute atomic E-state index is 13.7. The van der Waals surface area contributed by atoms with Crippen molar-refractivity contribution in [2.24, 2.45) is 0 Å². The van der Waals surface area contributed by atoms with E-state index in [1.165, 1.54) is 6.92 Å². The molecule has 0 aromatic heterocycles. The number of amides is 1. The van der Waals surface area contributed by atoms with Gasteiger partial charge in [-0.15, -0.1) is 0 Å². The number of rotatable bonds is 4. The summed E-state index contributed by atoms with van der Waals surface area (Å²) < 4.78 is 57.9. The average molecular weight is 391 g/mol. The fourth-order valence-electron chi connectivity index (χ4n) is 2.57. The molecular formula is C20H13F4NO3. The molecule has 0 spiro atoms. The number of carbonyl (C=O) groups is 2. The van der Waals surface area contributed by atoms with Crippen molar-refractivity contribution >= 4 is 28.3 Å².